The predicted molar refractivity (Wildman–Crippen MR) is 102 cm³/mol. The van der Waals surface area contributed by atoms with Gasteiger partial charge < -0.3 is 10.8 Å². The number of hydrogen-bond acceptors (Lipinski definition) is 5. The molecule has 1 aromatic rings. The summed E-state index contributed by atoms with van der Waals surface area (Å²) in [6, 6.07) is 7.39. The van der Waals surface area contributed by atoms with Gasteiger partial charge in [-0.2, -0.15) is 5.26 Å². The smallest absolute Gasteiger partial charge is 0.263 e. The molecule has 1 aromatic carbocycles. The monoisotopic (exact) mass is 384 g/mol. The SMILES string of the molecule is CC[C@@H]1C[C@]2(C[C@H]1O)c1ccc(C#N)cc1C21N=C(N)N(CC(C)(C)F)C1=O. The molecule has 2 spiro atoms. The summed E-state index contributed by atoms with van der Waals surface area (Å²) < 4.78 is 14.3. The van der Waals surface area contributed by atoms with E-state index in [1.807, 2.05) is 13.0 Å². The van der Waals surface area contributed by atoms with Crippen LogP contribution in [0.5, 0.6) is 0 Å². The van der Waals surface area contributed by atoms with E-state index in [2.05, 4.69) is 11.1 Å². The Labute approximate surface area is 163 Å². The van der Waals surface area contributed by atoms with E-state index in [0.717, 1.165) is 12.0 Å². The number of nitriles is 1. The Bertz CT molecular complexity index is 931. The van der Waals surface area contributed by atoms with E-state index in [4.69, 9.17) is 5.73 Å². The van der Waals surface area contributed by atoms with Gasteiger partial charge in [-0.15, -0.1) is 0 Å². The van der Waals surface area contributed by atoms with Crippen molar-refractivity contribution in [2.45, 2.75) is 62.8 Å². The maximum absolute atomic E-state index is 14.3. The molecule has 1 aliphatic heterocycles. The number of aliphatic hydroxyl groups excluding tert-OH is 1. The highest BCUT2D eigenvalue weighted by molar-refractivity contribution is 6.10. The van der Waals surface area contributed by atoms with Crippen molar-refractivity contribution < 1.29 is 14.3 Å². The lowest BCUT2D eigenvalue weighted by atomic mass is 9.49. The molecule has 3 aliphatic rings. The van der Waals surface area contributed by atoms with Crippen molar-refractivity contribution in [3.05, 3.63) is 34.9 Å². The van der Waals surface area contributed by atoms with Crippen LogP contribution in [0.3, 0.4) is 0 Å². The number of nitrogens with two attached hydrogens (primary N) is 1. The second-order valence-electron chi connectivity index (χ2n) is 8.89. The van der Waals surface area contributed by atoms with Crippen LogP contribution in [-0.4, -0.2) is 40.2 Å². The number of nitrogens with zero attached hydrogens (tertiary/aromatic N) is 3. The first-order valence-corrected chi connectivity index (χ1v) is 9.69. The molecule has 0 aromatic heterocycles. The van der Waals surface area contributed by atoms with Gasteiger partial charge in [0.1, 0.15) is 5.67 Å². The quantitative estimate of drug-likeness (QED) is 0.833. The number of alkyl halides is 1. The summed E-state index contributed by atoms with van der Waals surface area (Å²) in [5.41, 5.74) is 4.55. The number of benzene rings is 1. The summed E-state index contributed by atoms with van der Waals surface area (Å²) in [5, 5.41) is 20.0. The van der Waals surface area contributed by atoms with Gasteiger partial charge in [0.25, 0.3) is 5.91 Å². The molecule has 2 aliphatic carbocycles. The van der Waals surface area contributed by atoms with Gasteiger partial charge in [0, 0.05) is 5.41 Å². The Morgan fingerprint density at radius 2 is 2.14 bits per heavy atom. The summed E-state index contributed by atoms with van der Waals surface area (Å²) in [6.07, 6.45) is 1.26. The molecule has 1 saturated carbocycles. The molecule has 0 radical (unpaired) electrons. The van der Waals surface area contributed by atoms with Crippen molar-refractivity contribution >= 4 is 11.9 Å². The third-order valence-electron chi connectivity index (χ3n) is 6.63. The van der Waals surface area contributed by atoms with Crippen LogP contribution in [0.1, 0.15) is 56.7 Å². The Hall–Kier alpha value is -2.46. The van der Waals surface area contributed by atoms with Gasteiger partial charge in [0.15, 0.2) is 11.5 Å². The maximum Gasteiger partial charge on any atom is 0.263 e. The zero-order chi connectivity index (χ0) is 20.5. The molecule has 7 heteroatoms. The summed E-state index contributed by atoms with van der Waals surface area (Å²) in [7, 11) is 0. The molecule has 0 saturated heterocycles. The Balaban J connectivity index is 1.88. The van der Waals surface area contributed by atoms with Gasteiger partial charge in [-0.3, -0.25) is 9.69 Å². The minimum absolute atomic E-state index is 0.00227. The van der Waals surface area contributed by atoms with Crippen LogP contribution < -0.4 is 5.73 Å². The average molecular weight is 384 g/mol. The van der Waals surface area contributed by atoms with Crippen LogP contribution in [0.15, 0.2) is 23.2 Å². The van der Waals surface area contributed by atoms with E-state index < -0.39 is 22.7 Å². The first kappa shape index (κ1) is 18.9. The molecular formula is C21H25FN4O2. The van der Waals surface area contributed by atoms with Crippen molar-refractivity contribution in [1.29, 1.82) is 5.26 Å². The lowest BCUT2D eigenvalue weighted by Crippen LogP contribution is -2.62. The Morgan fingerprint density at radius 3 is 2.71 bits per heavy atom. The van der Waals surface area contributed by atoms with Crippen LogP contribution in [0.2, 0.25) is 0 Å². The fraction of sp³-hybridized carbons (Fsp3) is 0.571. The van der Waals surface area contributed by atoms with Crippen LogP contribution in [0.4, 0.5) is 4.39 Å². The maximum atomic E-state index is 14.3. The van der Waals surface area contributed by atoms with E-state index in [0.29, 0.717) is 24.0 Å². The van der Waals surface area contributed by atoms with Gasteiger partial charge in [0.05, 0.1) is 24.3 Å². The molecule has 1 heterocycles. The van der Waals surface area contributed by atoms with Gasteiger partial charge in [-0.25, -0.2) is 9.38 Å². The van der Waals surface area contributed by atoms with Crippen molar-refractivity contribution in [1.82, 2.24) is 4.90 Å². The fourth-order valence-electron chi connectivity index (χ4n) is 5.44. The third-order valence-corrected chi connectivity index (χ3v) is 6.63. The molecular weight excluding hydrogens is 359 g/mol. The number of guanidine groups is 1. The zero-order valence-electron chi connectivity index (χ0n) is 16.4. The van der Waals surface area contributed by atoms with Crippen molar-refractivity contribution in [2.75, 3.05) is 6.54 Å². The van der Waals surface area contributed by atoms with Crippen molar-refractivity contribution in [3.8, 4) is 6.07 Å². The van der Waals surface area contributed by atoms with E-state index in [9.17, 15) is 19.6 Å². The highest BCUT2D eigenvalue weighted by atomic mass is 19.1. The minimum Gasteiger partial charge on any atom is -0.393 e. The third kappa shape index (κ3) is 2.21. The van der Waals surface area contributed by atoms with Crippen LogP contribution in [0, 0.1) is 17.2 Å². The number of rotatable bonds is 3. The fourth-order valence-corrected chi connectivity index (χ4v) is 5.44. The number of fused-ring (bicyclic) bond motifs is 4. The van der Waals surface area contributed by atoms with Gasteiger partial charge in [-0.1, -0.05) is 19.4 Å². The van der Waals surface area contributed by atoms with E-state index >= 15 is 0 Å². The number of hydrogen-bond donors (Lipinski definition) is 2. The lowest BCUT2D eigenvalue weighted by Gasteiger charge is -2.54. The Kier molecular flexibility index (Phi) is 3.89. The molecule has 1 unspecified atom stereocenters. The van der Waals surface area contributed by atoms with Gasteiger partial charge in [0.2, 0.25) is 0 Å². The summed E-state index contributed by atoms with van der Waals surface area (Å²) in [5.74, 6) is -0.309. The Morgan fingerprint density at radius 1 is 1.43 bits per heavy atom. The summed E-state index contributed by atoms with van der Waals surface area (Å²) in [6.45, 7) is 4.61. The van der Waals surface area contributed by atoms with Crippen molar-refractivity contribution in [2.24, 2.45) is 16.6 Å². The topological polar surface area (TPSA) is 103 Å². The number of carbonyl (C=O) groups is 1. The molecule has 1 fully saturated rings. The zero-order valence-corrected chi connectivity index (χ0v) is 16.4. The van der Waals surface area contributed by atoms with Crippen LogP contribution in [0.25, 0.3) is 0 Å². The largest absolute Gasteiger partial charge is 0.393 e. The minimum atomic E-state index is -1.63. The second kappa shape index (κ2) is 5.77. The average Bonchev–Trinajstić information content (AvgIpc) is 3.12. The van der Waals surface area contributed by atoms with E-state index in [-0.39, 0.29) is 24.3 Å². The standard InChI is InChI=1S/C21H25FN4O2/c1-4-13-8-20(9-16(13)27)14-6-5-12(10-23)7-15(14)21(20)17(28)26(18(24)25-21)11-19(2,3)22/h5-7,13,16,27H,4,8-9,11H2,1-3H3,(H2,24,25)/t13-,16-,20+,21?/m1/s1. The van der Waals surface area contributed by atoms with Crippen LogP contribution >= 0.6 is 0 Å². The normalized spacial score (nSPS) is 33.8. The number of amides is 1. The molecule has 1 amide bonds. The molecule has 28 heavy (non-hydrogen) atoms. The number of carbonyl (C=O) groups excluding carboxylic acids is 1. The van der Waals surface area contributed by atoms with Crippen LogP contribution in [-0.2, 0) is 15.7 Å². The number of aliphatic hydroxyl groups is 1. The molecule has 0 bridgehead atoms. The summed E-state index contributed by atoms with van der Waals surface area (Å²) >= 11 is 0. The highest BCUT2D eigenvalue weighted by Crippen LogP contribution is 2.67. The van der Waals surface area contributed by atoms with Crippen molar-refractivity contribution in [3.63, 3.8) is 0 Å². The molecule has 4 atom stereocenters. The number of aliphatic imine (C=N–C) groups is 1. The van der Waals surface area contributed by atoms with E-state index in [1.165, 1.54) is 18.7 Å². The number of halogens is 1. The second-order valence-corrected chi connectivity index (χ2v) is 8.89. The predicted octanol–water partition coefficient (Wildman–Crippen LogP) is 2.09. The first-order valence-electron chi connectivity index (χ1n) is 9.69. The summed E-state index contributed by atoms with van der Waals surface area (Å²) in [4.78, 5) is 19.5. The van der Waals surface area contributed by atoms with Gasteiger partial charge >= 0.3 is 0 Å². The highest BCUT2D eigenvalue weighted by Gasteiger charge is 2.73. The molecule has 6 nitrogen and oxygen atoms in total. The lowest BCUT2D eigenvalue weighted by molar-refractivity contribution is -0.137. The molecule has 4 rings (SSSR count). The molecule has 3 N–H and O–H groups in total. The first-order chi connectivity index (χ1) is 13.1. The van der Waals surface area contributed by atoms with Gasteiger partial charge in [-0.05, 0) is 55.9 Å². The van der Waals surface area contributed by atoms with E-state index in [1.54, 1.807) is 12.1 Å². The molecule has 148 valence electrons.